The number of phenols is 1. The van der Waals surface area contributed by atoms with Crippen LogP contribution in [0, 0.1) is 15.9 Å². The van der Waals surface area contributed by atoms with E-state index in [4.69, 9.17) is 5.73 Å². The molecule has 1 aromatic rings. The van der Waals surface area contributed by atoms with Gasteiger partial charge >= 0.3 is 5.69 Å². The minimum absolute atomic E-state index is 0.0201. The number of benzene rings is 1. The van der Waals surface area contributed by atoms with Gasteiger partial charge in [0.25, 0.3) is 0 Å². The van der Waals surface area contributed by atoms with E-state index in [0.717, 1.165) is 6.07 Å². The van der Waals surface area contributed by atoms with Crippen LogP contribution < -0.4 is 5.73 Å². The van der Waals surface area contributed by atoms with Gasteiger partial charge in [-0.2, -0.15) is 0 Å². The van der Waals surface area contributed by atoms with Crippen LogP contribution in [0.4, 0.5) is 10.1 Å². The monoisotopic (exact) mass is 186 g/mol. The normalized spacial score (nSPS) is 10.0. The first-order valence-corrected chi connectivity index (χ1v) is 3.42. The Morgan fingerprint density at radius 3 is 2.69 bits per heavy atom. The average Bonchev–Trinajstić information content (AvgIpc) is 2.08. The van der Waals surface area contributed by atoms with E-state index in [9.17, 15) is 19.6 Å². The SMILES string of the molecule is NCc1cc(F)cc([N+](=O)[O-])c1O. The van der Waals surface area contributed by atoms with E-state index in [2.05, 4.69) is 0 Å². The Hall–Kier alpha value is -1.69. The summed E-state index contributed by atoms with van der Waals surface area (Å²) in [5.74, 6) is -1.36. The molecule has 0 aliphatic rings. The maximum atomic E-state index is 12.7. The molecule has 0 bridgehead atoms. The van der Waals surface area contributed by atoms with Crippen molar-refractivity contribution in [3.05, 3.63) is 33.6 Å². The van der Waals surface area contributed by atoms with Crippen molar-refractivity contribution >= 4 is 5.69 Å². The first-order valence-electron chi connectivity index (χ1n) is 3.42. The molecular formula is C7H7FN2O3. The summed E-state index contributed by atoms with van der Waals surface area (Å²) in [7, 11) is 0. The highest BCUT2D eigenvalue weighted by molar-refractivity contribution is 5.50. The number of rotatable bonds is 2. The Balaban J connectivity index is 3.35. The fourth-order valence-corrected chi connectivity index (χ4v) is 0.935. The van der Waals surface area contributed by atoms with Gasteiger partial charge in [-0.15, -0.1) is 0 Å². The van der Waals surface area contributed by atoms with Gasteiger partial charge in [0, 0.05) is 12.1 Å². The van der Waals surface area contributed by atoms with Crippen LogP contribution in [0.25, 0.3) is 0 Å². The van der Waals surface area contributed by atoms with Crippen molar-refractivity contribution in [2.24, 2.45) is 5.73 Å². The number of aromatic hydroxyl groups is 1. The molecule has 0 unspecified atom stereocenters. The van der Waals surface area contributed by atoms with Crippen LogP contribution in [0.15, 0.2) is 12.1 Å². The quantitative estimate of drug-likeness (QED) is 0.530. The second-order valence-electron chi connectivity index (χ2n) is 2.39. The molecule has 0 heterocycles. The van der Waals surface area contributed by atoms with Crippen molar-refractivity contribution in [1.82, 2.24) is 0 Å². The average molecular weight is 186 g/mol. The molecule has 70 valence electrons. The van der Waals surface area contributed by atoms with Crippen LogP contribution in [-0.2, 0) is 6.54 Å². The molecule has 0 amide bonds. The summed E-state index contributed by atoms with van der Waals surface area (Å²) in [5.41, 5.74) is 4.49. The summed E-state index contributed by atoms with van der Waals surface area (Å²) >= 11 is 0. The Bertz CT molecular complexity index is 354. The highest BCUT2D eigenvalue weighted by Gasteiger charge is 2.18. The number of nitro benzene ring substituents is 1. The minimum atomic E-state index is -0.864. The zero-order chi connectivity index (χ0) is 10.0. The molecule has 0 radical (unpaired) electrons. The van der Waals surface area contributed by atoms with E-state index in [1.807, 2.05) is 0 Å². The lowest BCUT2D eigenvalue weighted by Crippen LogP contribution is -2.00. The fraction of sp³-hybridized carbons (Fsp3) is 0.143. The predicted molar refractivity (Wildman–Crippen MR) is 42.6 cm³/mol. The van der Waals surface area contributed by atoms with Crippen LogP contribution in [-0.4, -0.2) is 10.0 Å². The molecule has 0 atom stereocenters. The van der Waals surface area contributed by atoms with Gasteiger partial charge in [0.2, 0.25) is 0 Å². The summed E-state index contributed by atoms with van der Waals surface area (Å²) < 4.78 is 12.7. The number of nitrogens with two attached hydrogens (primary N) is 1. The molecule has 1 rings (SSSR count). The second kappa shape index (κ2) is 3.36. The number of nitro groups is 1. The Kier molecular flexibility index (Phi) is 2.43. The smallest absolute Gasteiger partial charge is 0.313 e. The van der Waals surface area contributed by atoms with Crippen LogP contribution in [0.1, 0.15) is 5.56 Å². The molecule has 3 N–H and O–H groups in total. The summed E-state index contributed by atoms with van der Waals surface area (Å²) in [5, 5.41) is 19.5. The number of nitrogens with zero attached hydrogens (tertiary/aromatic N) is 1. The third-order valence-electron chi connectivity index (χ3n) is 1.55. The second-order valence-corrected chi connectivity index (χ2v) is 2.39. The van der Waals surface area contributed by atoms with Gasteiger partial charge in [0.1, 0.15) is 5.82 Å². The number of halogens is 1. The molecule has 0 saturated carbocycles. The largest absolute Gasteiger partial charge is 0.502 e. The Labute approximate surface area is 72.7 Å². The molecule has 0 aliphatic carbocycles. The molecule has 5 nitrogen and oxygen atoms in total. The number of phenolic OH excluding ortho intramolecular Hbond substituents is 1. The van der Waals surface area contributed by atoms with Crippen LogP contribution in [0.5, 0.6) is 5.75 Å². The maximum absolute atomic E-state index is 12.7. The zero-order valence-electron chi connectivity index (χ0n) is 6.53. The van der Waals surface area contributed by atoms with E-state index in [-0.39, 0.29) is 12.1 Å². The third kappa shape index (κ3) is 1.73. The first kappa shape index (κ1) is 9.40. The predicted octanol–water partition coefficient (Wildman–Crippen LogP) is 0.898. The molecule has 0 aromatic heterocycles. The van der Waals surface area contributed by atoms with Crippen molar-refractivity contribution in [3.8, 4) is 5.75 Å². The third-order valence-corrected chi connectivity index (χ3v) is 1.55. The van der Waals surface area contributed by atoms with Gasteiger partial charge in [0.15, 0.2) is 5.75 Å². The van der Waals surface area contributed by atoms with Gasteiger partial charge in [-0.25, -0.2) is 4.39 Å². The van der Waals surface area contributed by atoms with Crippen LogP contribution >= 0.6 is 0 Å². The molecule has 0 spiro atoms. The van der Waals surface area contributed by atoms with Gasteiger partial charge in [-0.3, -0.25) is 10.1 Å². The van der Waals surface area contributed by atoms with E-state index < -0.39 is 22.2 Å². The lowest BCUT2D eigenvalue weighted by molar-refractivity contribution is -0.386. The topological polar surface area (TPSA) is 89.4 Å². The van der Waals surface area contributed by atoms with E-state index in [1.165, 1.54) is 0 Å². The molecule has 0 saturated heterocycles. The lowest BCUT2D eigenvalue weighted by atomic mass is 10.1. The van der Waals surface area contributed by atoms with Gasteiger partial charge in [-0.05, 0) is 6.07 Å². The van der Waals surface area contributed by atoms with E-state index in [0.29, 0.717) is 6.07 Å². The number of hydrogen-bond acceptors (Lipinski definition) is 4. The molecule has 1 aromatic carbocycles. The Morgan fingerprint density at radius 2 is 2.23 bits per heavy atom. The van der Waals surface area contributed by atoms with Crippen LogP contribution in [0.2, 0.25) is 0 Å². The summed E-state index contributed by atoms with van der Waals surface area (Å²) in [6, 6.07) is 1.61. The molecule has 0 fully saturated rings. The van der Waals surface area contributed by atoms with Gasteiger partial charge in [0.05, 0.1) is 11.0 Å². The highest BCUT2D eigenvalue weighted by Crippen LogP contribution is 2.30. The standard InChI is InChI=1S/C7H7FN2O3/c8-5-1-4(3-9)7(11)6(2-5)10(12)13/h1-2,11H,3,9H2. The molecule has 13 heavy (non-hydrogen) atoms. The van der Waals surface area contributed by atoms with Crippen molar-refractivity contribution in [2.45, 2.75) is 6.54 Å². The van der Waals surface area contributed by atoms with Gasteiger partial charge < -0.3 is 10.8 Å². The summed E-state index contributed by atoms with van der Waals surface area (Å²) in [6.45, 7) is -0.148. The minimum Gasteiger partial charge on any atom is -0.502 e. The maximum Gasteiger partial charge on any atom is 0.313 e. The molecular weight excluding hydrogens is 179 g/mol. The summed E-state index contributed by atoms with van der Waals surface area (Å²) in [4.78, 5) is 9.42. The molecule has 6 heteroatoms. The van der Waals surface area contributed by atoms with Crippen molar-refractivity contribution in [3.63, 3.8) is 0 Å². The van der Waals surface area contributed by atoms with Gasteiger partial charge in [-0.1, -0.05) is 0 Å². The van der Waals surface area contributed by atoms with Crippen molar-refractivity contribution in [1.29, 1.82) is 0 Å². The van der Waals surface area contributed by atoms with Crippen molar-refractivity contribution < 1.29 is 14.4 Å². The van der Waals surface area contributed by atoms with E-state index in [1.54, 1.807) is 0 Å². The van der Waals surface area contributed by atoms with Crippen molar-refractivity contribution in [2.75, 3.05) is 0 Å². The summed E-state index contributed by atoms with van der Waals surface area (Å²) in [6.07, 6.45) is 0. The zero-order valence-corrected chi connectivity index (χ0v) is 6.53. The number of hydrogen-bond donors (Lipinski definition) is 2. The Morgan fingerprint density at radius 1 is 1.62 bits per heavy atom. The highest BCUT2D eigenvalue weighted by atomic mass is 19.1. The lowest BCUT2D eigenvalue weighted by Gasteiger charge is -2.01. The molecule has 0 aliphatic heterocycles. The van der Waals surface area contributed by atoms with Crippen LogP contribution in [0.3, 0.4) is 0 Å². The fourth-order valence-electron chi connectivity index (χ4n) is 0.935. The van der Waals surface area contributed by atoms with E-state index >= 15 is 0 Å². The first-order chi connectivity index (χ1) is 6.06.